The van der Waals surface area contributed by atoms with Gasteiger partial charge in [0.15, 0.2) is 0 Å². The van der Waals surface area contributed by atoms with Crippen molar-refractivity contribution in [3.05, 3.63) is 24.5 Å². The van der Waals surface area contributed by atoms with E-state index < -0.39 is 0 Å². The van der Waals surface area contributed by atoms with Gasteiger partial charge >= 0.3 is 0 Å². The molecule has 0 unspecified atom stereocenters. The highest BCUT2D eigenvalue weighted by Crippen LogP contribution is 2.12. The van der Waals surface area contributed by atoms with E-state index in [1.807, 2.05) is 12.1 Å². The lowest BCUT2D eigenvalue weighted by atomic mass is 10.1. The van der Waals surface area contributed by atoms with Crippen molar-refractivity contribution in [3.63, 3.8) is 0 Å². The van der Waals surface area contributed by atoms with Gasteiger partial charge in [-0.05, 0) is 43.3 Å². The molecule has 0 aliphatic carbocycles. The van der Waals surface area contributed by atoms with Crippen molar-refractivity contribution >= 4 is 0 Å². The van der Waals surface area contributed by atoms with Gasteiger partial charge in [0.25, 0.3) is 0 Å². The number of aromatic nitrogens is 5. The molecular weight excluding hydrogens is 228 g/mol. The Hall–Kier alpha value is -1.82. The summed E-state index contributed by atoms with van der Waals surface area (Å²) in [7, 11) is 0. The van der Waals surface area contributed by atoms with Crippen molar-refractivity contribution in [1.29, 1.82) is 0 Å². The Morgan fingerprint density at radius 1 is 1.17 bits per heavy atom. The first kappa shape index (κ1) is 11.3. The number of nitrogens with zero attached hydrogens (tertiary/aromatic N) is 6. The van der Waals surface area contributed by atoms with E-state index >= 15 is 0 Å². The predicted molar refractivity (Wildman–Crippen MR) is 66.5 cm³/mol. The molecule has 2 aromatic rings. The molecule has 0 bridgehead atoms. The molecule has 0 N–H and O–H groups in total. The molecule has 0 spiro atoms. The lowest BCUT2D eigenvalue weighted by molar-refractivity contribution is 0.161. The molecule has 94 valence electrons. The largest absolute Gasteiger partial charge is 0.283 e. The van der Waals surface area contributed by atoms with Gasteiger partial charge in [0.05, 0.1) is 0 Å². The fourth-order valence-corrected chi connectivity index (χ4v) is 2.19. The van der Waals surface area contributed by atoms with Crippen molar-refractivity contribution < 1.29 is 0 Å². The molecule has 0 saturated carbocycles. The Kier molecular flexibility index (Phi) is 3.27. The topological polar surface area (TPSA) is 59.7 Å². The van der Waals surface area contributed by atoms with Gasteiger partial charge in [-0.1, -0.05) is 6.42 Å². The molecule has 18 heavy (non-hydrogen) atoms. The molecule has 1 aliphatic heterocycles. The van der Waals surface area contributed by atoms with Gasteiger partial charge in [-0.25, -0.2) is 0 Å². The molecule has 6 nitrogen and oxygen atoms in total. The summed E-state index contributed by atoms with van der Waals surface area (Å²) >= 11 is 0. The van der Waals surface area contributed by atoms with E-state index in [0.29, 0.717) is 5.82 Å². The second-order valence-corrected chi connectivity index (χ2v) is 4.55. The van der Waals surface area contributed by atoms with Crippen LogP contribution >= 0.6 is 0 Å². The Morgan fingerprint density at radius 3 is 2.83 bits per heavy atom. The maximum Gasteiger partial charge on any atom is 0.206 e. The molecule has 1 saturated heterocycles. The number of rotatable bonds is 3. The predicted octanol–water partition coefficient (Wildman–Crippen LogP) is 1.18. The van der Waals surface area contributed by atoms with Crippen molar-refractivity contribution in [2.75, 3.05) is 13.1 Å². The fourth-order valence-electron chi connectivity index (χ4n) is 2.19. The van der Waals surface area contributed by atoms with Gasteiger partial charge in [-0.3, -0.25) is 9.88 Å². The quantitative estimate of drug-likeness (QED) is 0.811. The van der Waals surface area contributed by atoms with E-state index in [1.54, 1.807) is 17.2 Å². The number of piperidine rings is 1. The molecule has 3 rings (SSSR count). The van der Waals surface area contributed by atoms with Crippen LogP contribution in [-0.2, 0) is 6.67 Å². The number of tetrazole rings is 1. The maximum atomic E-state index is 4.39. The van der Waals surface area contributed by atoms with Crippen molar-refractivity contribution in [2.24, 2.45) is 0 Å². The molecular formula is C12H16N6. The summed E-state index contributed by atoms with van der Waals surface area (Å²) in [5.74, 6) is 0.639. The maximum absolute atomic E-state index is 4.39. The number of likely N-dealkylation sites (tertiary alicyclic amines) is 1. The summed E-state index contributed by atoms with van der Waals surface area (Å²) in [6.07, 6.45) is 7.36. The summed E-state index contributed by atoms with van der Waals surface area (Å²) in [6.45, 7) is 2.99. The molecule has 2 aromatic heterocycles. The second-order valence-electron chi connectivity index (χ2n) is 4.55. The van der Waals surface area contributed by atoms with Gasteiger partial charge in [-0.15, -0.1) is 15.0 Å². The van der Waals surface area contributed by atoms with Crippen LogP contribution in [0.1, 0.15) is 19.3 Å². The van der Waals surface area contributed by atoms with E-state index in [0.717, 1.165) is 25.3 Å². The zero-order valence-electron chi connectivity index (χ0n) is 10.2. The summed E-state index contributed by atoms with van der Waals surface area (Å²) in [6, 6.07) is 3.82. The van der Waals surface area contributed by atoms with Crippen LogP contribution in [0.2, 0.25) is 0 Å². The third-order valence-electron chi connectivity index (χ3n) is 3.15. The van der Waals surface area contributed by atoms with E-state index in [4.69, 9.17) is 0 Å². The average molecular weight is 244 g/mol. The third-order valence-corrected chi connectivity index (χ3v) is 3.15. The van der Waals surface area contributed by atoms with Crippen LogP contribution in [0.25, 0.3) is 11.4 Å². The van der Waals surface area contributed by atoms with Crippen LogP contribution in [0.4, 0.5) is 0 Å². The van der Waals surface area contributed by atoms with Gasteiger partial charge in [0.1, 0.15) is 6.67 Å². The SMILES string of the molecule is c1cncc(-c2nnn(CN3CCCCC3)n2)c1. The highest BCUT2D eigenvalue weighted by Gasteiger charge is 2.12. The summed E-state index contributed by atoms with van der Waals surface area (Å²) in [5.41, 5.74) is 0.905. The zero-order valence-corrected chi connectivity index (χ0v) is 10.2. The minimum Gasteiger partial charge on any atom is -0.283 e. The molecule has 1 aliphatic rings. The highest BCUT2D eigenvalue weighted by molar-refractivity contribution is 5.51. The van der Waals surface area contributed by atoms with Gasteiger partial charge in [0, 0.05) is 18.0 Å². The molecule has 3 heterocycles. The lowest BCUT2D eigenvalue weighted by Gasteiger charge is -2.25. The van der Waals surface area contributed by atoms with E-state index in [-0.39, 0.29) is 0 Å². The minimum absolute atomic E-state index is 0.639. The van der Waals surface area contributed by atoms with Crippen LogP contribution in [0.15, 0.2) is 24.5 Å². The summed E-state index contributed by atoms with van der Waals surface area (Å²) < 4.78 is 0. The summed E-state index contributed by atoms with van der Waals surface area (Å²) in [5, 5.41) is 12.5. The molecule has 0 radical (unpaired) electrons. The Morgan fingerprint density at radius 2 is 2.06 bits per heavy atom. The normalized spacial score (nSPS) is 16.9. The van der Waals surface area contributed by atoms with Crippen LogP contribution in [0.5, 0.6) is 0 Å². The molecule has 6 heteroatoms. The number of pyridine rings is 1. The smallest absolute Gasteiger partial charge is 0.206 e. The molecule has 0 atom stereocenters. The Labute approximate surface area is 106 Å². The van der Waals surface area contributed by atoms with E-state index in [1.165, 1.54) is 19.3 Å². The van der Waals surface area contributed by atoms with Gasteiger partial charge in [-0.2, -0.15) is 0 Å². The first-order valence-electron chi connectivity index (χ1n) is 6.32. The highest BCUT2D eigenvalue weighted by atomic mass is 15.6. The Bertz CT molecular complexity index is 488. The minimum atomic E-state index is 0.639. The second kappa shape index (κ2) is 5.22. The van der Waals surface area contributed by atoms with Gasteiger partial charge in [0.2, 0.25) is 5.82 Å². The van der Waals surface area contributed by atoms with Crippen LogP contribution in [0.3, 0.4) is 0 Å². The van der Waals surface area contributed by atoms with Crippen LogP contribution in [-0.4, -0.2) is 43.2 Å². The molecule has 0 aromatic carbocycles. The van der Waals surface area contributed by atoms with Crippen LogP contribution in [0, 0.1) is 0 Å². The Balaban J connectivity index is 1.69. The molecule has 0 amide bonds. The van der Waals surface area contributed by atoms with Crippen molar-refractivity contribution in [2.45, 2.75) is 25.9 Å². The van der Waals surface area contributed by atoms with E-state index in [9.17, 15) is 0 Å². The third kappa shape index (κ3) is 2.53. The van der Waals surface area contributed by atoms with Crippen LogP contribution < -0.4 is 0 Å². The lowest BCUT2D eigenvalue weighted by Crippen LogP contribution is -2.32. The zero-order chi connectivity index (χ0) is 12.2. The summed E-state index contributed by atoms with van der Waals surface area (Å²) in [4.78, 5) is 8.08. The fraction of sp³-hybridized carbons (Fsp3) is 0.500. The van der Waals surface area contributed by atoms with Crippen molar-refractivity contribution in [1.82, 2.24) is 30.1 Å². The number of hydrogen-bond acceptors (Lipinski definition) is 5. The van der Waals surface area contributed by atoms with E-state index in [2.05, 4.69) is 25.3 Å². The molecule has 1 fully saturated rings. The van der Waals surface area contributed by atoms with Crippen molar-refractivity contribution in [3.8, 4) is 11.4 Å². The first-order valence-corrected chi connectivity index (χ1v) is 6.32. The standard InChI is InChI=1S/C12H16N6/c1-2-7-17(8-3-1)10-18-15-12(14-16-18)11-5-4-6-13-9-11/h4-6,9H,1-3,7-8,10H2. The first-order chi connectivity index (χ1) is 8.92. The average Bonchev–Trinajstić information content (AvgIpc) is 2.89. The number of hydrogen-bond donors (Lipinski definition) is 0. The monoisotopic (exact) mass is 244 g/mol. The van der Waals surface area contributed by atoms with Gasteiger partial charge < -0.3 is 0 Å².